The monoisotopic (exact) mass is 355 g/mol. The third kappa shape index (κ3) is 3.53. The first-order chi connectivity index (χ1) is 10.1. The van der Waals surface area contributed by atoms with Crippen LogP contribution >= 0.6 is 15.9 Å². The van der Waals surface area contributed by atoms with Gasteiger partial charge >= 0.3 is 0 Å². The van der Waals surface area contributed by atoms with Crippen LogP contribution in [0.15, 0.2) is 27.8 Å². The zero-order valence-corrected chi connectivity index (χ0v) is 13.6. The average molecular weight is 356 g/mol. The van der Waals surface area contributed by atoms with Gasteiger partial charge in [0, 0.05) is 30.7 Å². The summed E-state index contributed by atoms with van der Waals surface area (Å²) in [6.45, 7) is 5.65. The van der Waals surface area contributed by atoms with Gasteiger partial charge in [-0.1, -0.05) is 15.9 Å². The maximum atomic E-state index is 14.0. The molecule has 0 unspecified atom stereocenters. The molecular weight excluding hydrogens is 337 g/mol. The number of hydrogen-bond donors (Lipinski definition) is 0. The molecule has 0 atom stereocenters. The molecule has 114 valence electrons. The molecule has 1 saturated heterocycles. The molecule has 0 spiro atoms. The maximum Gasteiger partial charge on any atom is 0.148 e. The van der Waals surface area contributed by atoms with Crippen molar-refractivity contribution in [3.63, 3.8) is 0 Å². The first-order valence-electron chi connectivity index (χ1n) is 7.03. The standard InChI is InChI=1S/C14H19BrFN5/c1-18-4-6-19(7-5-18)10-21-11-20(9-17-21)14-3-2-12(15)8-13(14)16/h2-3,8-9H,4-7,10-11H2,1H3. The van der Waals surface area contributed by atoms with Gasteiger partial charge in [0.1, 0.15) is 18.8 Å². The van der Waals surface area contributed by atoms with Crippen molar-refractivity contribution in [3.05, 3.63) is 28.5 Å². The molecule has 0 bridgehead atoms. The Morgan fingerprint density at radius 3 is 2.71 bits per heavy atom. The van der Waals surface area contributed by atoms with Crippen molar-refractivity contribution in [2.45, 2.75) is 0 Å². The van der Waals surface area contributed by atoms with Crippen LogP contribution in [0.5, 0.6) is 0 Å². The minimum Gasteiger partial charge on any atom is -0.308 e. The zero-order valence-electron chi connectivity index (χ0n) is 12.0. The summed E-state index contributed by atoms with van der Waals surface area (Å²) in [5.41, 5.74) is 0.558. The lowest BCUT2D eigenvalue weighted by Crippen LogP contribution is -2.48. The van der Waals surface area contributed by atoms with Crippen molar-refractivity contribution in [2.75, 3.05) is 51.5 Å². The van der Waals surface area contributed by atoms with Gasteiger partial charge in [0.05, 0.1) is 12.4 Å². The summed E-state index contributed by atoms with van der Waals surface area (Å²) < 4.78 is 14.7. The molecule has 0 aromatic heterocycles. The molecule has 1 fully saturated rings. The second-order valence-electron chi connectivity index (χ2n) is 5.51. The van der Waals surface area contributed by atoms with Gasteiger partial charge in [-0.2, -0.15) is 5.10 Å². The Hall–Kier alpha value is -1.18. The fourth-order valence-corrected chi connectivity index (χ4v) is 2.87. The van der Waals surface area contributed by atoms with Crippen LogP contribution in [0.25, 0.3) is 0 Å². The molecule has 0 saturated carbocycles. The van der Waals surface area contributed by atoms with Gasteiger partial charge in [-0.25, -0.2) is 4.39 Å². The van der Waals surface area contributed by atoms with Crippen molar-refractivity contribution in [1.82, 2.24) is 14.8 Å². The Balaban J connectivity index is 1.57. The number of likely N-dealkylation sites (N-methyl/N-ethyl adjacent to an activating group) is 1. The zero-order chi connectivity index (χ0) is 14.8. The van der Waals surface area contributed by atoms with Crippen molar-refractivity contribution in [2.24, 2.45) is 5.10 Å². The molecule has 0 radical (unpaired) electrons. The lowest BCUT2D eigenvalue weighted by Gasteiger charge is -2.34. The smallest absolute Gasteiger partial charge is 0.148 e. The van der Waals surface area contributed by atoms with E-state index in [0.717, 1.165) is 37.3 Å². The maximum absolute atomic E-state index is 14.0. The first kappa shape index (κ1) is 14.7. The molecule has 7 heteroatoms. The third-order valence-corrected chi connectivity index (χ3v) is 4.34. The molecule has 2 heterocycles. The number of anilines is 1. The largest absolute Gasteiger partial charge is 0.308 e. The van der Waals surface area contributed by atoms with E-state index in [4.69, 9.17) is 0 Å². The van der Waals surface area contributed by atoms with Crippen LogP contribution in [0.4, 0.5) is 10.1 Å². The van der Waals surface area contributed by atoms with Gasteiger partial charge in [0.25, 0.3) is 0 Å². The van der Waals surface area contributed by atoms with Crippen LogP contribution < -0.4 is 4.90 Å². The number of piperazine rings is 1. The molecule has 5 nitrogen and oxygen atoms in total. The lowest BCUT2D eigenvalue weighted by molar-refractivity contribution is 0.0912. The molecule has 0 amide bonds. The third-order valence-electron chi connectivity index (χ3n) is 3.85. The van der Waals surface area contributed by atoms with Crippen LogP contribution in [0, 0.1) is 5.82 Å². The summed E-state index contributed by atoms with van der Waals surface area (Å²) >= 11 is 3.27. The molecule has 0 aliphatic carbocycles. The Kier molecular flexibility index (Phi) is 4.42. The number of hydrazone groups is 1. The van der Waals surface area contributed by atoms with Crippen LogP contribution in [0.1, 0.15) is 0 Å². The van der Waals surface area contributed by atoms with Gasteiger partial charge in [-0.05, 0) is 25.2 Å². The highest BCUT2D eigenvalue weighted by Crippen LogP contribution is 2.24. The van der Waals surface area contributed by atoms with Gasteiger partial charge in [-0.3, -0.25) is 9.91 Å². The predicted molar refractivity (Wildman–Crippen MR) is 85.7 cm³/mol. The minimum atomic E-state index is -0.239. The molecule has 3 rings (SSSR count). The van der Waals surface area contributed by atoms with Gasteiger partial charge in [0.15, 0.2) is 0 Å². The van der Waals surface area contributed by atoms with Gasteiger partial charge < -0.3 is 9.80 Å². The van der Waals surface area contributed by atoms with Crippen molar-refractivity contribution in [3.8, 4) is 0 Å². The number of halogens is 2. The van der Waals surface area contributed by atoms with Gasteiger partial charge in [-0.15, -0.1) is 0 Å². The minimum absolute atomic E-state index is 0.239. The summed E-state index contributed by atoms with van der Waals surface area (Å²) in [6, 6.07) is 5.09. The molecular formula is C14H19BrFN5. The Labute approximate surface area is 132 Å². The molecule has 0 N–H and O–H groups in total. The normalized spacial score (nSPS) is 20.5. The summed E-state index contributed by atoms with van der Waals surface area (Å²) in [6.07, 6.45) is 1.70. The molecule has 2 aliphatic rings. The van der Waals surface area contributed by atoms with Gasteiger partial charge in [0.2, 0.25) is 0 Å². The van der Waals surface area contributed by atoms with Crippen molar-refractivity contribution in [1.29, 1.82) is 0 Å². The summed E-state index contributed by atoms with van der Waals surface area (Å²) in [7, 11) is 2.14. The number of rotatable bonds is 3. The SMILES string of the molecule is CN1CCN(CN2CN(c3ccc(Br)cc3F)C=N2)CC1. The van der Waals surface area contributed by atoms with E-state index in [1.165, 1.54) is 6.07 Å². The van der Waals surface area contributed by atoms with Crippen molar-refractivity contribution >= 4 is 28.0 Å². The average Bonchev–Trinajstić information content (AvgIpc) is 2.90. The first-order valence-corrected chi connectivity index (χ1v) is 7.83. The topological polar surface area (TPSA) is 25.3 Å². The second-order valence-corrected chi connectivity index (χ2v) is 6.42. The summed E-state index contributed by atoms with van der Waals surface area (Å²) in [5.74, 6) is -0.239. The molecule has 1 aromatic carbocycles. The number of hydrogen-bond acceptors (Lipinski definition) is 5. The molecule has 2 aliphatic heterocycles. The van der Waals surface area contributed by atoms with E-state index in [-0.39, 0.29) is 5.82 Å². The summed E-state index contributed by atoms with van der Waals surface area (Å²) in [5, 5.41) is 6.34. The van der Waals surface area contributed by atoms with E-state index < -0.39 is 0 Å². The fourth-order valence-electron chi connectivity index (χ4n) is 2.54. The van der Waals surface area contributed by atoms with E-state index in [1.54, 1.807) is 12.4 Å². The molecule has 21 heavy (non-hydrogen) atoms. The number of benzene rings is 1. The van der Waals surface area contributed by atoms with Crippen LogP contribution in [0.3, 0.4) is 0 Å². The Morgan fingerprint density at radius 2 is 2.00 bits per heavy atom. The van der Waals surface area contributed by atoms with E-state index >= 15 is 0 Å². The van der Waals surface area contributed by atoms with E-state index in [2.05, 4.69) is 37.9 Å². The van der Waals surface area contributed by atoms with E-state index in [1.807, 2.05) is 16.0 Å². The predicted octanol–water partition coefficient (Wildman–Crippen LogP) is 1.82. The Morgan fingerprint density at radius 1 is 1.24 bits per heavy atom. The quantitative estimate of drug-likeness (QED) is 0.825. The van der Waals surface area contributed by atoms with E-state index in [9.17, 15) is 4.39 Å². The van der Waals surface area contributed by atoms with Crippen LogP contribution in [0.2, 0.25) is 0 Å². The Bertz CT molecular complexity index is 530. The highest BCUT2D eigenvalue weighted by Gasteiger charge is 2.21. The summed E-state index contributed by atoms with van der Waals surface area (Å²) in [4.78, 5) is 6.53. The van der Waals surface area contributed by atoms with Crippen LogP contribution in [-0.4, -0.2) is 67.7 Å². The highest BCUT2D eigenvalue weighted by atomic mass is 79.9. The fraction of sp³-hybridized carbons (Fsp3) is 0.500. The van der Waals surface area contributed by atoms with E-state index in [0.29, 0.717) is 12.4 Å². The second kappa shape index (κ2) is 6.29. The molecule has 1 aromatic rings. The highest BCUT2D eigenvalue weighted by molar-refractivity contribution is 9.10. The van der Waals surface area contributed by atoms with Crippen molar-refractivity contribution < 1.29 is 4.39 Å². The number of nitrogens with zero attached hydrogens (tertiary/aromatic N) is 5. The lowest BCUT2D eigenvalue weighted by atomic mass is 10.3. The van der Waals surface area contributed by atoms with Crippen LogP contribution in [-0.2, 0) is 0 Å².